The first-order valence-corrected chi connectivity index (χ1v) is 8.61. The molecule has 0 aromatic carbocycles. The van der Waals surface area contributed by atoms with E-state index in [0.717, 1.165) is 55.9 Å². The van der Waals surface area contributed by atoms with Gasteiger partial charge in [-0.15, -0.1) is 5.10 Å². The summed E-state index contributed by atoms with van der Waals surface area (Å²) in [5, 5.41) is 4.10. The lowest BCUT2D eigenvalue weighted by Gasteiger charge is -2.31. The Hall–Kier alpha value is -1.76. The van der Waals surface area contributed by atoms with Gasteiger partial charge in [0, 0.05) is 32.0 Å². The van der Waals surface area contributed by atoms with Gasteiger partial charge in [-0.3, -0.25) is 4.79 Å². The van der Waals surface area contributed by atoms with Crippen LogP contribution in [0.15, 0.2) is 18.7 Å². The molecular formula is C15H21N5OS. The molecule has 0 unspecified atom stereocenters. The molecule has 1 aliphatic rings. The van der Waals surface area contributed by atoms with E-state index in [9.17, 15) is 4.79 Å². The minimum absolute atomic E-state index is 0.111. The highest BCUT2D eigenvalue weighted by Gasteiger charge is 2.26. The van der Waals surface area contributed by atoms with Crippen LogP contribution in [0.4, 0.5) is 0 Å². The molecule has 2 aromatic rings. The summed E-state index contributed by atoms with van der Waals surface area (Å²) in [6.45, 7) is 4.73. The molecule has 1 saturated heterocycles. The molecule has 1 fully saturated rings. The molecule has 1 aliphatic heterocycles. The highest BCUT2D eigenvalue weighted by Crippen LogP contribution is 2.22. The molecule has 0 saturated carbocycles. The second-order valence-electron chi connectivity index (χ2n) is 5.79. The number of likely N-dealkylation sites (tertiary alicyclic amines) is 1. The fraction of sp³-hybridized carbons (Fsp3) is 0.600. The first kappa shape index (κ1) is 15.1. The van der Waals surface area contributed by atoms with Crippen LogP contribution >= 0.6 is 11.5 Å². The van der Waals surface area contributed by atoms with E-state index in [1.165, 1.54) is 11.5 Å². The third-order valence-electron chi connectivity index (χ3n) is 4.17. The van der Waals surface area contributed by atoms with Gasteiger partial charge in [0.25, 0.3) is 5.91 Å². The van der Waals surface area contributed by atoms with Crippen molar-refractivity contribution in [2.24, 2.45) is 5.92 Å². The zero-order valence-electron chi connectivity index (χ0n) is 12.8. The summed E-state index contributed by atoms with van der Waals surface area (Å²) in [7, 11) is 0. The Morgan fingerprint density at radius 1 is 1.41 bits per heavy atom. The maximum atomic E-state index is 12.6. The van der Waals surface area contributed by atoms with Crippen molar-refractivity contribution in [1.29, 1.82) is 0 Å². The van der Waals surface area contributed by atoms with Gasteiger partial charge in [-0.25, -0.2) is 4.98 Å². The Bertz CT molecular complexity index is 601. The lowest BCUT2D eigenvalue weighted by atomic mass is 9.96. The highest BCUT2D eigenvalue weighted by atomic mass is 32.1. The van der Waals surface area contributed by atoms with Crippen molar-refractivity contribution >= 4 is 17.4 Å². The van der Waals surface area contributed by atoms with Crippen LogP contribution in [0.3, 0.4) is 0 Å². The summed E-state index contributed by atoms with van der Waals surface area (Å²) < 4.78 is 6.08. The molecule has 22 heavy (non-hydrogen) atoms. The Kier molecular flexibility index (Phi) is 4.82. The van der Waals surface area contributed by atoms with Crippen LogP contribution in [-0.4, -0.2) is 43.0 Å². The fourth-order valence-corrected chi connectivity index (χ4v) is 3.60. The van der Waals surface area contributed by atoms with Crippen molar-refractivity contribution in [1.82, 2.24) is 24.0 Å². The molecule has 1 amide bonds. The van der Waals surface area contributed by atoms with Crippen LogP contribution in [-0.2, 0) is 13.0 Å². The average Bonchev–Trinajstić information content (AvgIpc) is 3.19. The Morgan fingerprint density at radius 2 is 2.23 bits per heavy atom. The van der Waals surface area contributed by atoms with Crippen LogP contribution in [0.25, 0.3) is 0 Å². The molecule has 0 aliphatic carbocycles. The molecule has 118 valence electrons. The number of nitrogens with zero attached hydrogens (tertiary/aromatic N) is 5. The lowest BCUT2D eigenvalue weighted by Crippen LogP contribution is -2.39. The summed E-state index contributed by atoms with van der Waals surface area (Å²) >= 11 is 1.23. The Labute approximate surface area is 134 Å². The van der Waals surface area contributed by atoms with Crippen molar-refractivity contribution < 1.29 is 4.79 Å². The number of carbonyl (C=O) groups excluding carboxylic acids is 1. The van der Waals surface area contributed by atoms with Crippen LogP contribution in [0.1, 0.15) is 41.6 Å². The Balaban J connectivity index is 1.56. The first-order chi connectivity index (χ1) is 10.8. The largest absolute Gasteiger partial charge is 0.338 e. The zero-order valence-corrected chi connectivity index (χ0v) is 13.6. The number of hydrogen-bond acceptors (Lipinski definition) is 5. The molecule has 0 radical (unpaired) electrons. The van der Waals surface area contributed by atoms with Crippen LogP contribution < -0.4 is 0 Å². The van der Waals surface area contributed by atoms with E-state index in [4.69, 9.17) is 0 Å². The van der Waals surface area contributed by atoms with Crippen LogP contribution in [0.5, 0.6) is 0 Å². The van der Waals surface area contributed by atoms with E-state index < -0.39 is 0 Å². The molecule has 0 atom stereocenters. The van der Waals surface area contributed by atoms with Crippen molar-refractivity contribution in [3.8, 4) is 0 Å². The van der Waals surface area contributed by atoms with Gasteiger partial charge in [-0.1, -0.05) is 17.8 Å². The van der Waals surface area contributed by atoms with Gasteiger partial charge in [-0.2, -0.15) is 0 Å². The van der Waals surface area contributed by atoms with E-state index in [-0.39, 0.29) is 5.91 Å². The maximum absolute atomic E-state index is 12.6. The van der Waals surface area contributed by atoms with Crippen molar-refractivity contribution in [2.45, 2.75) is 39.2 Å². The van der Waals surface area contributed by atoms with Crippen molar-refractivity contribution in [2.75, 3.05) is 13.1 Å². The lowest BCUT2D eigenvalue weighted by molar-refractivity contribution is 0.0686. The standard InChI is InChI=1S/C15H21N5OS/c1-2-3-13-14(22-18-17-13)15(21)20-7-4-12(5-8-20)10-19-9-6-16-11-19/h6,9,11-12H,2-5,7-8,10H2,1H3. The molecule has 7 heteroatoms. The zero-order chi connectivity index (χ0) is 15.4. The molecule has 0 bridgehead atoms. The van der Waals surface area contributed by atoms with Gasteiger partial charge in [0.1, 0.15) is 4.88 Å². The fourth-order valence-electron chi connectivity index (χ4n) is 2.93. The first-order valence-electron chi connectivity index (χ1n) is 7.84. The summed E-state index contributed by atoms with van der Waals surface area (Å²) in [6, 6.07) is 0. The topological polar surface area (TPSA) is 63.9 Å². The van der Waals surface area contributed by atoms with Gasteiger partial charge in [0.2, 0.25) is 0 Å². The SMILES string of the molecule is CCCc1nnsc1C(=O)N1CCC(Cn2ccnc2)CC1. The molecule has 0 spiro atoms. The van der Waals surface area contributed by atoms with Gasteiger partial charge in [-0.05, 0) is 36.7 Å². The van der Waals surface area contributed by atoms with Gasteiger partial charge in [0.05, 0.1) is 12.0 Å². The number of aromatic nitrogens is 4. The minimum Gasteiger partial charge on any atom is -0.338 e. The van der Waals surface area contributed by atoms with Gasteiger partial charge in [0.15, 0.2) is 0 Å². The van der Waals surface area contributed by atoms with E-state index in [1.807, 2.05) is 23.6 Å². The molecule has 0 N–H and O–H groups in total. The van der Waals surface area contributed by atoms with Crippen LogP contribution in [0.2, 0.25) is 0 Å². The number of carbonyl (C=O) groups is 1. The van der Waals surface area contributed by atoms with Crippen molar-refractivity contribution in [3.63, 3.8) is 0 Å². The number of imidazole rings is 1. The number of piperidine rings is 1. The van der Waals surface area contributed by atoms with Gasteiger partial charge >= 0.3 is 0 Å². The Morgan fingerprint density at radius 3 is 2.91 bits per heavy atom. The number of aryl methyl sites for hydroxylation is 1. The number of amides is 1. The predicted molar refractivity (Wildman–Crippen MR) is 84.8 cm³/mol. The summed E-state index contributed by atoms with van der Waals surface area (Å²) in [5.41, 5.74) is 0.859. The van der Waals surface area contributed by atoms with E-state index >= 15 is 0 Å². The second kappa shape index (κ2) is 7.00. The minimum atomic E-state index is 0.111. The molecule has 2 aromatic heterocycles. The molecular weight excluding hydrogens is 298 g/mol. The third kappa shape index (κ3) is 3.35. The summed E-state index contributed by atoms with van der Waals surface area (Å²) in [5.74, 6) is 0.729. The quantitative estimate of drug-likeness (QED) is 0.848. The van der Waals surface area contributed by atoms with E-state index in [0.29, 0.717) is 5.92 Å². The summed E-state index contributed by atoms with van der Waals surface area (Å²) in [6.07, 6.45) is 9.56. The number of hydrogen-bond donors (Lipinski definition) is 0. The predicted octanol–water partition coefficient (Wildman–Crippen LogP) is 2.24. The van der Waals surface area contributed by atoms with E-state index in [2.05, 4.69) is 26.1 Å². The highest BCUT2D eigenvalue weighted by molar-refractivity contribution is 7.08. The van der Waals surface area contributed by atoms with Crippen LogP contribution in [0, 0.1) is 5.92 Å². The number of rotatable bonds is 5. The molecule has 3 rings (SSSR count). The van der Waals surface area contributed by atoms with Gasteiger partial charge < -0.3 is 9.47 Å². The monoisotopic (exact) mass is 319 g/mol. The second-order valence-corrected chi connectivity index (χ2v) is 6.55. The molecule has 3 heterocycles. The normalized spacial score (nSPS) is 16.1. The molecule has 6 nitrogen and oxygen atoms in total. The van der Waals surface area contributed by atoms with Crippen molar-refractivity contribution in [3.05, 3.63) is 29.3 Å². The average molecular weight is 319 g/mol. The smallest absolute Gasteiger partial charge is 0.267 e. The third-order valence-corrected chi connectivity index (χ3v) is 4.92. The van der Waals surface area contributed by atoms with E-state index in [1.54, 1.807) is 0 Å². The maximum Gasteiger partial charge on any atom is 0.267 e. The summed E-state index contributed by atoms with van der Waals surface area (Å²) in [4.78, 5) is 19.4.